The van der Waals surface area contributed by atoms with Gasteiger partial charge in [-0.25, -0.2) is 0 Å². The smallest absolute Gasteiger partial charge is 0.0656 e. The summed E-state index contributed by atoms with van der Waals surface area (Å²) < 4.78 is 0. The fourth-order valence-electron chi connectivity index (χ4n) is 1.72. The van der Waals surface area contributed by atoms with Crippen molar-refractivity contribution in [2.24, 2.45) is 0 Å². The number of nitrogens with one attached hydrogen (secondary N) is 1. The largest absolute Gasteiger partial charge is 0.394 e. The van der Waals surface area contributed by atoms with Crippen LogP contribution in [0.5, 0.6) is 0 Å². The van der Waals surface area contributed by atoms with Crippen LogP contribution in [0.3, 0.4) is 0 Å². The van der Waals surface area contributed by atoms with E-state index in [0.717, 1.165) is 18.7 Å². The quantitative estimate of drug-likeness (QED) is 0.844. The molecule has 1 atom stereocenters. The standard InChI is InChI=1S/C13H20Cl2N2O/c1-13(9-18,16-7-8-17(2)3)10-5-4-6-11(14)12(10)15/h4-6,16,18H,7-9H2,1-3H3. The summed E-state index contributed by atoms with van der Waals surface area (Å²) in [4.78, 5) is 2.07. The van der Waals surface area contributed by atoms with Crippen LogP contribution in [0, 0.1) is 0 Å². The Morgan fingerprint density at radius 1 is 1.33 bits per heavy atom. The first-order valence-corrected chi connectivity index (χ1v) is 6.61. The van der Waals surface area contributed by atoms with E-state index in [4.69, 9.17) is 23.2 Å². The molecule has 0 bridgehead atoms. The van der Waals surface area contributed by atoms with Crippen molar-refractivity contribution < 1.29 is 5.11 Å². The van der Waals surface area contributed by atoms with Crippen molar-refractivity contribution in [3.05, 3.63) is 33.8 Å². The molecular weight excluding hydrogens is 271 g/mol. The van der Waals surface area contributed by atoms with E-state index in [2.05, 4.69) is 10.2 Å². The molecule has 102 valence electrons. The van der Waals surface area contributed by atoms with Crippen LogP contribution in [-0.2, 0) is 5.54 Å². The van der Waals surface area contributed by atoms with Gasteiger partial charge in [0.25, 0.3) is 0 Å². The minimum absolute atomic E-state index is 0.0412. The van der Waals surface area contributed by atoms with Gasteiger partial charge in [-0.15, -0.1) is 0 Å². The third-order valence-corrected chi connectivity index (χ3v) is 3.76. The average Bonchev–Trinajstić information content (AvgIpc) is 2.32. The summed E-state index contributed by atoms with van der Waals surface area (Å²) in [6.45, 7) is 3.52. The van der Waals surface area contributed by atoms with Gasteiger partial charge < -0.3 is 15.3 Å². The maximum atomic E-state index is 9.64. The van der Waals surface area contributed by atoms with Crippen LogP contribution in [-0.4, -0.2) is 43.8 Å². The number of likely N-dealkylation sites (N-methyl/N-ethyl adjacent to an activating group) is 1. The lowest BCUT2D eigenvalue weighted by Gasteiger charge is -2.31. The van der Waals surface area contributed by atoms with Gasteiger partial charge in [0, 0.05) is 13.1 Å². The molecule has 18 heavy (non-hydrogen) atoms. The van der Waals surface area contributed by atoms with Gasteiger partial charge in [-0.05, 0) is 32.6 Å². The van der Waals surface area contributed by atoms with Crippen molar-refractivity contribution >= 4 is 23.2 Å². The van der Waals surface area contributed by atoms with Crippen molar-refractivity contribution in [3.8, 4) is 0 Å². The highest BCUT2D eigenvalue weighted by atomic mass is 35.5. The summed E-state index contributed by atoms with van der Waals surface area (Å²) in [5, 5.41) is 14.0. The van der Waals surface area contributed by atoms with Gasteiger partial charge in [0.05, 0.1) is 22.2 Å². The second-order valence-electron chi connectivity index (χ2n) is 4.82. The Labute approximate surface area is 119 Å². The summed E-state index contributed by atoms with van der Waals surface area (Å²) in [5.41, 5.74) is 0.232. The lowest BCUT2D eigenvalue weighted by atomic mass is 9.92. The number of hydrogen-bond acceptors (Lipinski definition) is 3. The highest BCUT2D eigenvalue weighted by Crippen LogP contribution is 2.32. The van der Waals surface area contributed by atoms with E-state index < -0.39 is 5.54 Å². The Hall–Kier alpha value is -0.320. The number of halogens is 2. The molecule has 5 heteroatoms. The maximum Gasteiger partial charge on any atom is 0.0656 e. The molecule has 0 aliphatic heterocycles. The summed E-state index contributed by atoms with van der Waals surface area (Å²) in [5.74, 6) is 0. The zero-order valence-corrected chi connectivity index (χ0v) is 12.5. The Kier molecular flexibility index (Phi) is 5.89. The predicted molar refractivity (Wildman–Crippen MR) is 77.5 cm³/mol. The predicted octanol–water partition coefficient (Wildman–Crippen LogP) is 2.35. The zero-order valence-electron chi connectivity index (χ0n) is 11.0. The van der Waals surface area contributed by atoms with Gasteiger partial charge >= 0.3 is 0 Å². The Bertz CT molecular complexity index is 399. The molecule has 0 amide bonds. The van der Waals surface area contributed by atoms with Crippen LogP contribution in [0.2, 0.25) is 10.0 Å². The molecule has 1 aromatic rings. The van der Waals surface area contributed by atoms with Gasteiger partial charge in [0.2, 0.25) is 0 Å². The fourth-order valence-corrected chi connectivity index (χ4v) is 2.23. The monoisotopic (exact) mass is 290 g/mol. The molecule has 1 unspecified atom stereocenters. The summed E-state index contributed by atoms with van der Waals surface area (Å²) in [6, 6.07) is 5.46. The van der Waals surface area contributed by atoms with Gasteiger partial charge in [-0.1, -0.05) is 35.3 Å². The Balaban J connectivity index is 2.89. The topological polar surface area (TPSA) is 35.5 Å². The van der Waals surface area contributed by atoms with Gasteiger partial charge in [0.1, 0.15) is 0 Å². The third-order valence-electron chi connectivity index (χ3n) is 2.94. The average molecular weight is 291 g/mol. The van der Waals surface area contributed by atoms with E-state index >= 15 is 0 Å². The number of hydrogen-bond donors (Lipinski definition) is 2. The Morgan fingerprint density at radius 3 is 2.56 bits per heavy atom. The fraction of sp³-hybridized carbons (Fsp3) is 0.538. The number of aliphatic hydroxyl groups is 1. The number of rotatable bonds is 6. The molecule has 0 aromatic heterocycles. The molecule has 0 heterocycles. The van der Waals surface area contributed by atoms with Crippen LogP contribution < -0.4 is 5.32 Å². The first-order valence-electron chi connectivity index (χ1n) is 5.86. The molecule has 0 fully saturated rings. The van der Waals surface area contributed by atoms with E-state index in [0.29, 0.717) is 10.0 Å². The molecule has 0 radical (unpaired) electrons. The van der Waals surface area contributed by atoms with E-state index in [9.17, 15) is 5.11 Å². The van der Waals surface area contributed by atoms with Crippen LogP contribution >= 0.6 is 23.2 Å². The molecule has 0 aliphatic rings. The van der Waals surface area contributed by atoms with Crippen LogP contribution in [0.25, 0.3) is 0 Å². The minimum atomic E-state index is -0.585. The van der Waals surface area contributed by atoms with Crippen molar-refractivity contribution in [2.75, 3.05) is 33.8 Å². The van der Waals surface area contributed by atoms with Crippen LogP contribution in [0.1, 0.15) is 12.5 Å². The van der Waals surface area contributed by atoms with Gasteiger partial charge in [0.15, 0.2) is 0 Å². The molecule has 1 aromatic carbocycles. The van der Waals surface area contributed by atoms with Crippen molar-refractivity contribution in [3.63, 3.8) is 0 Å². The number of nitrogens with zero attached hydrogens (tertiary/aromatic N) is 1. The first-order chi connectivity index (χ1) is 8.40. The van der Waals surface area contributed by atoms with E-state index in [1.807, 2.05) is 33.2 Å². The van der Waals surface area contributed by atoms with E-state index in [-0.39, 0.29) is 6.61 Å². The van der Waals surface area contributed by atoms with Crippen LogP contribution in [0.4, 0.5) is 0 Å². The highest BCUT2D eigenvalue weighted by molar-refractivity contribution is 6.42. The second-order valence-corrected chi connectivity index (χ2v) is 5.61. The highest BCUT2D eigenvalue weighted by Gasteiger charge is 2.28. The van der Waals surface area contributed by atoms with Crippen molar-refractivity contribution in [1.82, 2.24) is 10.2 Å². The summed E-state index contributed by atoms with van der Waals surface area (Å²) in [6.07, 6.45) is 0. The summed E-state index contributed by atoms with van der Waals surface area (Å²) >= 11 is 12.2. The normalized spacial score (nSPS) is 14.8. The molecule has 3 nitrogen and oxygen atoms in total. The molecule has 0 saturated carbocycles. The zero-order chi connectivity index (χ0) is 13.8. The van der Waals surface area contributed by atoms with Crippen molar-refractivity contribution in [2.45, 2.75) is 12.5 Å². The Morgan fingerprint density at radius 2 is 2.00 bits per heavy atom. The molecule has 2 N–H and O–H groups in total. The van der Waals surface area contributed by atoms with E-state index in [1.54, 1.807) is 6.07 Å². The molecule has 0 aliphatic carbocycles. The number of aliphatic hydroxyl groups excluding tert-OH is 1. The lowest BCUT2D eigenvalue weighted by Crippen LogP contribution is -2.45. The molecule has 1 rings (SSSR count). The van der Waals surface area contributed by atoms with Crippen LogP contribution in [0.15, 0.2) is 18.2 Å². The molecule has 0 spiro atoms. The second kappa shape index (κ2) is 6.73. The minimum Gasteiger partial charge on any atom is -0.394 e. The van der Waals surface area contributed by atoms with E-state index in [1.165, 1.54) is 0 Å². The maximum absolute atomic E-state index is 9.64. The number of benzene rings is 1. The SMILES string of the molecule is CN(C)CCNC(C)(CO)c1cccc(Cl)c1Cl. The van der Waals surface area contributed by atoms with Crippen molar-refractivity contribution in [1.29, 1.82) is 0 Å². The van der Waals surface area contributed by atoms with Gasteiger partial charge in [-0.3, -0.25) is 0 Å². The van der Waals surface area contributed by atoms with Gasteiger partial charge in [-0.2, -0.15) is 0 Å². The first kappa shape index (κ1) is 15.7. The third kappa shape index (κ3) is 3.84. The molecule has 0 saturated heterocycles. The lowest BCUT2D eigenvalue weighted by molar-refractivity contribution is 0.172. The molecular formula is C13H20Cl2N2O. The summed E-state index contributed by atoms with van der Waals surface area (Å²) in [7, 11) is 4.01.